The predicted molar refractivity (Wildman–Crippen MR) is 137 cm³/mol. The van der Waals surface area contributed by atoms with Gasteiger partial charge in [0.1, 0.15) is 22.1 Å². The molecule has 0 aliphatic heterocycles. The molecule has 0 N–H and O–H groups in total. The highest BCUT2D eigenvalue weighted by molar-refractivity contribution is 7.21. The van der Waals surface area contributed by atoms with Gasteiger partial charge in [0.05, 0.1) is 23.4 Å². The third-order valence-corrected chi connectivity index (χ3v) is 6.65. The van der Waals surface area contributed by atoms with Gasteiger partial charge in [0.15, 0.2) is 0 Å². The Hall–Kier alpha value is -3.64. The molecule has 0 saturated carbocycles. The Kier molecular flexibility index (Phi) is 6.86. The molecule has 0 spiro atoms. The third-order valence-electron chi connectivity index (χ3n) is 5.57. The number of hydrogen-bond acceptors (Lipinski definition) is 6. The molecule has 0 aliphatic carbocycles. The molecule has 0 aliphatic rings. The van der Waals surface area contributed by atoms with Crippen molar-refractivity contribution in [3.63, 3.8) is 0 Å². The molecule has 6 heteroatoms. The highest BCUT2D eigenvalue weighted by atomic mass is 32.1. The van der Waals surface area contributed by atoms with Crippen LogP contribution in [0.5, 0.6) is 11.5 Å². The van der Waals surface area contributed by atoms with Gasteiger partial charge in [-0.2, -0.15) is 0 Å². The largest absolute Gasteiger partial charge is 0.494 e. The third kappa shape index (κ3) is 5.46. The van der Waals surface area contributed by atoms with E-state index in [-0.39, 0.29) is 5.63 Å². The lowest BCUT2D eigenvalue weighted by Gasteiger charge is -2.08. The lowest BCUT2D eigenvalue weighted by atomic mass is 10.2. The summed E-state index contributed by atoms with van der Waals surface area (Å²) in [5, 5.41) is 1.92. The van der Waals surface area contributed by atoms with Gasteiger partial charge >= 0.3 is 5.63 Å². The molecule has 3 aromatic carbocycles. The topological polar surface area (TPSA) is 61.6 Å². The summed E-state index contributed by atoms with van der Waals surface area (Å²) in [6, 6.07) is 25.1. The molecule has 2 heterocycles. The first-order valence-electron chi connectivity index (χ1n) is 11.5. The molecular weight excluding hydrogens is 446 g/mol. The van der Waals surface area contributed by atoms with E-state index in [0.29, 0.717) is 18.8 Å². The van der Waals surface area contributed by atoms with E-state index in [2.05, 4.69) is 18.2 Å². The number of unbranched alkanes of at least 4 members (excludes halogenated alkanes) is 3. The summed E-state index contributed by atoms with van der Waals surface area (Å²) in [7, 11) is 0. The molecule has 0 bridgehead atoms. The Balaban J connectivity index is 0.998. The number of aromatic nitrogens is 1. The van der Waals surface area contributed by atoms with Gasteiger partial charge in [0.2, 0.25) is 0 Å². The van der Waals surface area contributed by atoms with Gasteiger partial charge in [0.25, 0.3) is 0 Å². The fourth-order valence-electron chi connectivity index (χ4n) is 3.76. The second-order valence-corrected chi connectivity index (χ2v) is 9.11. The number of thiazole rings is 1. The number of para-hydroxylation sites is 1. The van der Waals surface area contributed by atoms with Crippen molar-refractivity contribution in [2.75, 3.05) is 13.2 Å². The fraction of sp³-hybridized carbons (Fsp3) is 0.214. The van der Waals surface area contributed by atoms with Crippen molar-refractivity contribution < 1.29 is 13.9 Å². The van der Waals surface area contributed by atoms with Crippen LogP contribution in [0.2, 0.25) is 0 Å². The van der Waals surface area contributed by atoms with Crippen LogP contribution in [0.3, 0.4) is 0 Å². The molecule has 0 unspecified atom stereocenters. The summed E-state index contributed by atoms with van der Waals surface area (Å²) in [4.78, 5) is 16.1. The molecule has 0 atom stereocenters. The van der Waals surface area contributed by atoms with E-state index < -0.39 is 0 Å². The zero-order chi connectivity index (χ0) is 23.2. The Morgan fingerprint density at radius 3 is 2.26 bits per heavy atom. The lowest BCUT2D eigenvalue weighted by Crippen LogP contribution is -2.00. The van der Waals surface area contributed by atoms with E-state index >= 15 is 0 Å². The minimum atomic E-state index is -0.351. The summed E-state index contributed by atoms with van der Waals surface area (Å²) in [6.45, 7) is 1.34. The van der Waals surface area contributed by atoms with E-state index in [4.69, 9.17) is 18.9 Å². The van der Waals surface area contributed by atoms with Crippen LogP contribution >= 0.6 is 11.3 Å². The van der Waals surface area contributed by atoms with Crippen molar-refractivity contribution in [3.8, 4) is 22.1 Å². The number of benzene rings is 3. The first-order chi connectivity index (χ1) is 16.7. The van der Waals surface area contributed by atoms with E-state index in [9.17, 15) is 4.79 Å². The quantitative estimate of drug-likeness (QED) is 0.161. The Bertz CT molecular complexity index is 1410. The van der Waals surface area contributed by atoms with Crippen LogP contribution in [0.4, 0.5) is 0 Å². The highest BCUT2D eigenvalue weighted by Gasteiger charge is 2.06. The zero-order valence-corrected chi connectivity index (χ0v) is 19.6. The van der Waals surface area contributed by atoms with Gasteiger partial charge in [-0.15, -0.1) is 11.3 Å². The molecule has 0 fully saturated rings. The van der Waals surface area contributed by atoms with Gasteiger partial charge < -0.3 is 13.9 Å². The lowest BCUT2D eigenvalue weighted by molar-refractivity contribution is 0.287. The summed E-state index contributed by atoms with van der Waals surface area (Å²) >= 11 is 1.71. The first-order valence-corrected chi connectivity index (χ1v) is 12.3. The average Bonchev–Trinajstić information content (AvgIpc) is 3.30. The van der Waals surface area contributed by atoms with Crippen molar-refractivity contribution in [1.29, 1.82) is 0 Å². The number of hydrogen-bond donors (Lipinski definition) is 0. The van der Waals surface area contributed by atoms with Crippen molar-refractivity contribution in [1.82, 2.24) is 4.98 Å². The van der Waals surface area contributed by atoms with Crippen LogP contribution in [0.25, 0.3) is 31.8 Å². The smallest absolute Gasteiger partial charge is 0.336 e. The van der Waals surface area contributed by atoms with Crippen molar-refractivity contribution in [2.45, 2.75) is 25.7 Å². The van der Waals surface area contributed by atoms with Gasteiger partial charge in [-0.1, -0.05) is 12.1 Å². The summed E-state index contributed by atoms with van der Waals surface area (Å²) in [5.74, 6) is 1.61. The minimum Gasteiger partial charge on any atom is -0.494 e. The molecule has 5 rings (SSSR count). The van der Waals surface area contributed by atoms with Gasteiger partial charge in [-0.3, -0.25) is 0 Å². The van der Waals surface area contributed by atoms with Crippen LogP contribution in [0.1, 0.15) is 25.7 Å². The molecule has 34 heavy (non-hydrogen) atoms. The summed E-state index contributed by atoms with van der Waals surface area (Å²) in [5.41, 5.74) is 2.35. The molecule has 5 nitrogen and oxygen atoms in total. The van der Waals surface area contributed by atoms with Gasteiger partial charge in [-0.25, -0.2) is 9.78 Å². The normalized spacial score (nSPS) is 11.2. The Labute approximate surface area is 201 Å². The van der Waals surface area contributed by atoms with Gasteiger partial charge in [0, 0.05) is 23.1 Å². The average molecular weight is 472 g/mol. The molecule has 0 saturated heterocycles. The monoisotopic (exact) mass is 471 g/mol. The minimum absolute atomic E-state index is 0.351. The Morgan fingerprint density at radius 1 is 0.765 bits per heavy atom. The SMILES string of the molecule is O=c1ccc2ccc(OCCCCCCOc3ccc(-c4nc5ccccc5s4)cc3)cc2o1. The van der Waals surface area contributed by atoms with E-state index in [1.807, 2.05) is 42.5 Å². The van der Waals surface area contributed by atoms with Crippen LogP contribution in [0.15, 0.2) is 88.1 Å². The molecular formula is C28H25NO4S. The maximum atomic E-state index is 11.4. The van der Waals surface area contributed by atoms with Crippen molar-refractivity contribution in [2.24, 2.45) is 0 Å². The van der Waals surface area contributed by atoms with E-state index in [0.717, 1.165) is 58.7 Å². The molecule has 172 valence electrons. The zero-order valence-electron chi connectivity index (χ0n) is 18.7. The molecule has 0 radical (unpaired) electrons. The summed E-state index contributed by atoms with van der Waals surface area (Å²) < 4.78 is 18.1. The van der Waals surface area contributed by atoms with E-state index in [1.54, 1.807) is 23.5 Å². The highest BCUT2D eigenvalue weighted by Crippen LogP contribution is 2.31. The van der Waals surface area contributed by atoms with Crippen molar-refractivity contribution >= 4 is 32.5 Å². The van der Waals surface area contributed by atoms with Crippen LogP contribution in [-0.2, 0) is 0 Å². The van der Waals surface area contributed by atoms with Crippen LogP contribution < -0.4 is 15.1 Å². The van der Waals surface area contributed by atoms with E-state index in [1.165, 1.54) is 10.8 Å². The number of rotatable bonds is 10. The number of nitrogens with zero attached hydrogens (tertiary/aromatic N) is 1. The maximum Gasteiger partial charge on any atom is 0.336 e. The van der Waals surface area contributed by atoms with Crippen LogP contribution in [-0.4, -0.2) is 18.2 Å². The summed E-state index contributed by atoms with van der Waals surface area (Å²) in [6.07, 6.45) is 4.12. The second-order valence-electron chi connectivity index (χ2n) is 8.08. The van der Waals surface area contributed by atoms with Crippen molar-refractivity contribution in [3.05, 3.63) is 89.3 Å². The standard InChI is InChI=1S/C28H25NO4S/c30-27-16-12-20-9-15-23(19-25(20)33-27)32-18-6-2-1-5-17-31-22-13-10-21(11-14-22)28-29-24-7-3-4-8-26(24)34-28/h3-4,7-16,19H,1-2,5-6,17-18H2. The predicted octanol–water partition coefficient (Wildman–Crippen LogP) is 7.09. The molecule has 5 aromatic rings. The number of fused-ring (bicyclic) bond motifs is 2. The molecule has 2 aromatic heterocycles. The number of ether oxygens (including phenoxy) is 2. The maximum absolute atomic E-state index is 11.4. The van der Waals surface area contributed by atoms with Crippen LogP contribution in [0, 0.1) is 0 Å². The fourth-order valence-corrected chi connectivity index (χ4v) is 4.73. The second kappa shape index (κ2) is 10.5. The molecule has 0 amide bonds. The van der Waals surface area contributed by atoms with Gasteiger partial charge in [-0.05, 0) is 80.3 Å². The first kappa shape index (κ1) is 22.2. The Morgan fingerprint density at radius 2 is 1.47 bits per heavy atom.